The Morgan fingerprint density at radius 1 is 1.12 bits per heavy atom. The van der Waals surface area contributed by atoms with Gasteiger partial charge in [-0.2, -0.15) is 0 Å². The Hall–Kier alpha value is -1.06. The van der Waals surface area contributed by atoms with Crippen molar-refractivity contribution in [3.8, 4) is 5.75 Å². The van der Waals surface area contributed by atoms with Gasteiger partial charge in [-0.3, -0.25) is 0 Å². The van der Waals surface area contributed by atoms with Gasteiger partial charge in [-0.25, -0.2) is 0 Å². The Bertz CT molecular complexity index is 491. The molecular formula is C21H37NO2. The minimum atomic E-state index is -0.519. The van der Waals surface area contributed by atoms with Crippen LogP contribution >= 0.6 is 0 Å². The minimum absolute atomic E-state index is 0.00609. The lowest BCUT2D eigenvalue weighted by Gasteiger charge is -2.34. The van der Waals surface area contributed by atoms with Gasteiger partial charge in [0.1, 0.15) is 18.5 Å². The van der Waals surface area contributed by atoms with Crippen LogP contribution in [0, 0.1) is 5.41 Å². The Labute approximate surface area is 148 Å². The van der Waals surface area contributed by atoms with Crippen molar-refractivity contribution in [2.24, 2.45) is 5.41 Å². The molecule has 0 aromatic heterocycles. The van der Waals surface area contributed by atoms with Gasteiger partial charge in [-0.15, -0.1) is 0 Å². The third-order valence-corrected chi connectivity index (χ3v) is 4.28. The number of hydrogen-bond donors (Lipinski definition) is 2. The predicted octanol–water partition coefficient (Wildman–Crippen LogP) is 4.74. The number of β-amino-alcohol motifs (C(OH)–C–C–N with tert-alkyl or cyclic N) is 1. The smallest absolute Gasteiger partial charge is 0.122 e. The number of benzene rings is 1. The Morgan fingerprint density at radius 2 is 1.75 bits per heavy atom. The highest BCUT2D eigenvalue weighted by molar-refractivity contribution is 5.35. The van der Waals surface area contributed by atoms with E-state index in [9.17, 15) is 5.11 Å². The van der Waals surface area contributed by atoms with Crippen molar-refractivity contribution in [2.75, 3.05) is 13.2 Å². The summed E-state index contributed by atoms with van der Waals surface area (Å²) in [6.45, 7) is 16.3. The molecule has 2 N–H and O–H groups in total. The van der Waals surface area contributed by atoms with E-state index < -0.39 is 6.10 Å². The molecule has 0 heterocycles. The zero-order valence-electron chi connectivity index (χ0n) is 16.6. The van der Waals surface area contributed by atoms with Crippen LogP contribution in [-0.2, 0) is 0 Å². The summed E-state index contributed by atoms with van der Waals surface area (Å²) in [5.41, 5.74) is 1.47. The lowest BCUT2D eigenvalue weighted by Crippen LogP contribution is -2.46. The van der Waals surface area contributed by atoms with E-state index in [-0.39, 0.29) is 11.0 Å². The second-order valence-corrected chi connectivity index (χ2v) is 8.81. The largest absolute Gasteiger partial charge is 0.491 e. The average molecular weight is 336 g/mol. The van der Waals surface area contributed by atoms with Crippen LogP contribution in [0.15, 0.2) is 24.3 Å². The minimum Gasteiger partial charge on any atom is -0.491 e. The summed E-state index contributed by atoms with van der Waals surface area (Å²) in [6.07, 6.45) is 1.60. The molecular weight excluding hydrogens is 298 g/mol. The van der Waals surface area contributed by atoms with Gasteiger partial charge in [0.15, 0.2) is 0 Å². The maximum absolute atomic E-state index is 10.3. The number of rotatable bonds is 9. The van der Waals surface area contributed by atoms with E-state index >= 15 is 0 Å². The van der Waals surface area contributed by atoms with Crippen LogP contribution in [0.3, 0.4) is 0 Å². The van der Waals surface area contributed by atoms with Crippen LogP contribution in [0.5, 0.6) is 5.75 Å². The first-order valence-electron chi connectivity index (χ1n) is 9.19. The van der Waals surface area contributed by atoms with Crippen molar-refractivity contribution < 1.29 is 9.84 Å². The van der Waals surface area contributed by atoms with Gasteiger partial charge >= 0.3 is 0 Å². The first-order valence-corrected chi connectivity index (χ1v) is 9.19. The Balaban J connectivity index is 2.51. The number of ether oxygens (including phenoxy) is 1. The molecule has 0 bridgehead atoms. The van der Waals surface area contributed by atoms with Crippen molar-refractivity contribution in [3.05, 3.63) is 29.8 Å². The molecule has 0 amide bonds. The van der Waals surface area contributed by atoms with Crippen LogP contribution in [-0.4, -0.2) is 29.9 Å². The standard InChI is InChI=1S/C21H37NO2/c1-8-16(2)18-11-9-10-12-19(18)24-14-17(23)13-22-21(6,7)15-20(3,4)5/h9-12,16-17,22-23H,8,13-15H2,1-7H3/t16-,17-/m0/s1. The van der Waals surface area contributed by atoms with Crippen molar-refractivity contribution in [1.82, 2.24) is 5.32 Å². The highest BCUT2D eigenvalue weighted by atomic mass is 16.5. The topological polar surface area (TPSA) is 41.5 Å². The molecule has 0 aliphatic heterocycles. The van der Waals surface area contributed by atoms with E-state index in [0.29, 0.717) is 19.1 Å². The number of aliphatic hydroxyl groups excluding tert-OH is 1. The van der Waals surface area contributed by atoms with Crippen molar-refractivity contribution >= 4 is 0 Å². The molecule has 1 aromatic rings. The summed E-state index contributed by atoms with van der Waals surface area (Å²) in [7, 11) is 0. The van der Waals surface area contributed by atoms with Gasteiger partial charge in [0.25, 0.3) is 0 Å². The van der Waals surface area contributed by atoms with Gasteiger partial charge in [-0.1, -0.05) is 52.8 Å². The summed E-state index contributed by atoms with van der Waals surface area (Å²) >= 11 is 0. The predicted molar refractivity (Wildman–Crippen MR) is 103 cm³/mol. The highest BCUT2D eigenvalue weighted by Crippen LogP contribution is 2.29. The zero-order valence-corrected chi connectivity index (χ0v) is 16.6. The maximum atomic E-state index is 10.3. The first-order chi connectivity index (χ1) is 11.0. The summed E-state index contributed by atoms with van der Waals surface area (Å²) in [5.74, 6) is 1.35. The van der Waals surface area contributed by atoms with E-state index in [4.69, 9.17) is 4.74 Å². The van der Waals surface area contributed by atoms with E-state index in [0.717, 1.165) is 18.6 Å². The molecule has 0 saturated heterocycles. The third-order valence-electron chi connectivity index (χ3n) is 4.28. The van der Waals surface area contributed by atoms with Crippen molar-refractivity contribution in [1.29, 1.82) is 0 Å². The van der Waals surface area contributed by atoms with Gasteiger partial charge in [0.2, 0.25) is 0 Å². The fraction of sp³-hybridized carbons (Fsp3) is 0.714. The number of aliphatic hydroxyl groups is 1. The molecule has 1 aromatic carbocycles. The molecule has 24 heavy (non-hydrogen) atoms. The number of hydrogen-bond acceptors (Lipinski definition) is 3. The second-order valence-electron chi connectivity index (χ2n) is 8.81. The maximum Gasteiger partial charge on any atom is 0.122 e. The van der Waals surface area contributed by atoms with Crippen LogP contribution < -0.4 is 10.1 Å². The van der Waals surface area contributed by atoms with Crippen LogP contribution in [0.1, 0.15) is 72.8 Å². The highest BCUT2D eigenvalue weighted by Gasteiger charge is 2.25. The van der Waals surface area contributed by atoms with E-state index in [1.54, 1.807) is 0 Å². The third kappa shape index (κ3) is 7.67. The number of nitrogens with one attached hydrogen (secondary N) is 1. The molecule has 0 fully saturated rings. The molecule has 0 unspecified atom stereocenters. The molecule has 0 radical (unpaired) electrons. The fourth-order valence-electron chi connectivity index (χ4n) is 3.27. The lowest BCUT2D eigenvalue weighted by molar-refractivity contribution is 0.0938. The SMILES string of the molecule is CC[C@H](C)c1ccccc1OC[C@@H](O)CNC(C)(C)CC(C)(C)C. The van der Waals surface area contributed by atoms with E-state index in [1.165, 1.54) is 5.56 Å². The van der Waals surface area contributed by atoms with Crippen molar-refractivity contribution in [2.45, 2.75) is 78.9 Å². The molecule has 3 nitrogen and oxygen atoms in total. The average Bonchev–Trinajstić information content (AvgIpc) is 2.48. The number of para-hydroxylation sites is 1. The summed E-state index contributed by atoms with van der Waals surface area (Å²) in [6, 6.07) is 8.13. The monoisotopic (exact) mass is 335 g/mol. The Kier molecular flexibility index (Phi) is 7.75. The van der Waals surface area contributed by atoms with Gasteiger partial charge in [0.05, 0.1) is 0 Å². The molecule has 3 heteroatoms. The van der Waals surface area contributed by atoms with Crippen LogP contribution in [0.25, 0.3) is 0 Å². The fourth-order valence-corrected chi connectivity index (χ4v) is 3.27. The molecule has 138 valence electrons. The Morgan fingerprint density at radius 3 is 2.33 bits per heavy atom. The quantitative estimate of drug-likeness (QED) is 0.684. The van der Waals surface area contributed by atoms with Gasteiger partial charge in [0, 0.05) is 12.1 Å². The second kappa shape index (κ2) is 8.87. The molecule has 0 spiro atoms. The summed E-state index contributed by atoms with van der Waals surface area (Å²) < 4.78 is 5.90. The van der Waals surface area contributed by atoms with Crippen molar-refractivity contribution in [3.63, 3.8) is 0 Å². The van der Waals surface area contributed by atoms with Crippen LogP contribution in [0.4, 0.5) is 0 Å². The summed E-state index contributed by atoms with van der Waals surface area (Å²) in [5, 5.41) is 13.7. The molecule has 0 aliphatic rings. The molecule has 0 saturated carbocycles. The molecule has 1 rings (SSSR count). The first kappa shape index (κ1) is 21.0. The van der Waals surface area contributed by atoms with E-state index in [1.807, 2.05) is 18.2 Å². The molecule has 0 aliphatic carbocycles. The van der Waals surface area contributed by atoms with E-state index in [2.05, 4.69) is 59.8 Å². The lowest BCUT2D eigenvalue weighted by atomic mass is 9.82. The van der Waals surface area contributed by atoms with Gasteiger partial charge < -0.3 is 15.2 Å². The van der Waals surface area contributed by atoms with Gasteiger partial charge in [-0.05, 0) is 49.7 Å². The van der Waals surface area contributed by atoms with Crippen LogP contribution in [0.2, 0.25) is 0 Å². The molecule has 2 atom stereocenters. The normalized spacial score (nSPS) is 15.2. The summed E-state index contributed by atoms with van der Waals surface area (Å²) in [4.78, 5) is 0. The zero-order chi connectivity index (χ0) is 18.4.